The molecule has 3 aromatic rings. The molecule has 1 fully saturated rings. The lowest BCUT2D eigenvalue weighted by Gasteiger charge is -2.26. The first-order valence-electron chi connectivity index (χ1n) is 10.3. The average Bonchev–Trinajstić information content (AvgIpc) is 3.05. The van der Waals surface area contributed by atoms with Crippen molar-refractivity contribution in [3.05, 3.63) is 71.3 Å². The Morgan fingerprint density at radius 3 is 2.28 bits per heavy atom. The van der Waals surface area contributed by atoms with Crippen molar-refractivity contribution in [2.45, 2.75) is 33.2 Å². The Labute approximate surface area is 172 Å². The third-order valence-electron chi connectivity index (χ3n) is 5.60. The molecule has 2 aromatic carbocycles. The fraction of sp³-hybridized carbons (Fsp3) is 0.375. The van der Waals surface area contributed by atoms with Crippen molar-refractivity contribution >= 4 is 0 Å². The van der Waals surface area contributed by atoms with Crippen molar-refractivity contribution in [1.29, 1.82) is 0 Å². The molecule has 0 bridgehead atoms. The molecule has 0 atom stereocenters. The van der Waals surface area contributed by atoms with Gasteiger partial charge in [0, 0.05) is 36.6 Å². The molecule has 0 N–H and O–H groups in total. The minimum atomic E-state index is -0.233. The highest BCUT2D eigenvalue weighted by Gasteiger charge is 2.20. The number of hydrogen-bond acceptors (Lipinski definition) is 3. The molecule has 1 aromatic heterocycles. The lowest BCUT2D eigenvalue weighted by atomic mass is 10.0. The highest BCUT2D eigenvalue weighted by molar-refractivity contribution is 5.61. The van der Waals surface area contributed by atoms with E-state index in [4.69, 9.17) is 9.72 Å². The van der Waals surface area contributed by atoms with Gasteiger partial charge in [-0.25, -0.2) is 9.37 Å². The predicted molar refractivity (Wildman–Crippen MR) is 114 cm³/mol. The number of rotatable bonds is 5. The molecule has 0 amide bonds. The molecule has 1 aliphatic rings. The first-order chi connectivity index (χ1) is 14.0. The molecule has 5 heteroatoms. The number of imidazole rings is 1. The molecule has 0 spiro atoms. The summed E-state index contributed by atoms with van der Waals surface area (Å²) < 4.78 is 21.1. The summed E-state index contributed by atoms with van der Waals surface area (Å²) in [4.78, 5) is 7.41. The van der Waals surface area contributed by atoms with Gasteiger partial charge in [0.2, 0.25) is 0 Å². The van der Waals surface area contributed by atoms with Gasteiger partial charge in [-0.15, -0.1) is 0 Å². The monoisotopic (exact) mass is 393 g/mol. The maximum Gasteiger partial charge on any atom is 0.145 e. The van der Waals surface area contributed by atoms with Crippen molar-refractivity contribution in [2.75, 3.05) is 26.3 Å². The van der Waals surface area contributed by atoms with E-state index in [0.29, 0.717) is 5.92 Å². The normalized spacial score (nSPS) is 15.2. The van der Waals surface area contributed by atoms with Crippen LogP contribution in [0.25, 0.3) is 17.1 Å². The molecule has 1 aliphatic heterocycles. The van der Waals surface area contributed by atoms with Crippen LogP contribution in [0.1, 0.15) is 36.7 Å². The summed E-state index contributed by atoms with van der Waals surface area (Å²) in [6.45, 7) is 10.6. The fourth-order valence-corrected chi connectivity index (χ4v) is 3.78. The first-order valence-corrected chi connectivity index (χ1v) is 10.3. The van der Waals surface area contributed by atoms with E-state index in [1.807, 2.05) is 12.1 Å². The summed E-state index contributed by atoms with van der Waals surface area (Å²) in [7, 11) is 0. The molecule has 0 saturated carbocycles. The van der Waals surface area contributed by atoms with Gasteiger partial charge in [-0.3, -0.25) is 9.47 Å². The number of morpholine rings is 1. The van der Waals surface area contributed by atoms with Crippen LogP contribution in [0.4, 0.5) is 4.39 Å². The van der Waals surface area contributed by atoms with Gasteiger partial charge >= 0.3 is 0 Å². The Morgan fingerprint density at radius 2 is 1.66 bits per heavy atom. The number of nitrogens with zero attached hydrogens (tertiary/aromatic N) is 3. The number of aromatic nitrogens is 2. The Balaban J connectivity index is 1.77. The summed E-state index contributed by atoms with van der Waals surface area (Å²) in [6.07, 6.45) is 0. The van der Waals surface area contributed by atoms with Crippen molar-refractivity contribution in [3.8, 4) is 17.1 Å². The van der Waals surface area contributed by atoms with Crippen LogP contribution < -0.4 is 0 Å². The third-order valence-corrected chi connectivity index (χ3v) is 5.60. The quantitative estimate of drug-likeness (QED) is 0.615. The van der Waals surface area contributed by atoms with Gasteiger partial charge in [0.1, 0.15) is 11.6 Å². The van der Waals surface area contributed by atoms with Crippen LogP contribution in [-0.2, 0) is 11.3 Å². The molecule has 29 heavy (non-hydrogen) atoms. The second kappa shape index (κ2) is 8.47. The fourth-order valence-electron chi connectivity index (χ4n) is 3.78. The van der Waals surface area contributed by atoms with Crippen LogP contribution >= 0.6 is 0 Å². The van der Waals surface area contributed by atoms with E-state index >= 15 is 0 Å². The summed E-state index contributed by atoms with van der Waals surface area (Å²) in [5.41, 5.74) is 5.44. The predicted octanol–water partition coefficient (Wildman–Crippen LogP) is 4.94. The highest BCUT2D eigenvalue weighted by Crippen LogP contribution is 2.28. The van der Waals surface area contributed by atoms with Crippen molar-refractivity contribution in [1.82, 2.24) is 14.5 Å². The smallest absolute Gasteiger partial charge is 0.145 e. The zero-order chi connectivity index (χ0) is 20.4. The molecule has 4 nitrogen and oxygen atoms in total. The third kappa shape index (κ3) is 4.26. The van der Waals surface area contributed by atoms with Crippen LogP contribution in [0.15, 0.2) is 48.5 Å². The van der Waals surface area contributed by atoms with E-state index in [-0.39, 0.29) is 5.82 Å². The second-order valence-electron chi connectivity index (χ2n) is 7.94. The zero-order valence-electron chi connectivity index (χ0n) is 17.4. The molecule has 4 rings (SSSR count). The number of ether oxygens (including phenoxy) is 1. The summed E-state index contributed by atoms with van der Waals surface area (Å²) in [6, 6.07) is 15.2. The average molecular weight is 394 g/mol. The van der Waals surface area contributed by atoms with E-state index in [1.165, 1.54) is 17.7 Å². The molecule has 0 unspecified atom stereocenters. The first kappa shape index (κ1) is 19.8. The molecule has 152 valence electrons. The van der Waals surface area contributed by atoms with Gasteiger partial charge in [-0.05, 0) is 42.7 Å². The van der Waals surface area contributed by atoms with Gasteiger partial charge in [0.05, 0.1) is 18.9 Å². The van der Waals surface area contributed by atoms with Crippen LogP contribution in [0.2, 0.25) is 0 Å². The lowest BCUT2D eigenvalue weighted by molar-refractivity contribution is 0.0336. The molecule has 1 saturated heterocycles. The topological polar surface area (TPSA) is 30.3 Å². The van der Waals surface area contributed by atoms with Crippen LogP contribution in [0, 0.1) is 12.7 Å². The van der Waals surface area contributed by atoms with Gasteiger partial charge < -0.3 is 4.74 Å². The zero-order valence-corrected chi connectivity index (χ0v) is 17.4. The van der Waals surface area contributed by atoms with Crippen molar-refractivity contribution < 1.29 is 9.13 Å². The van der Waals surface area contributed by atoms with E-state index < -0.39 is 0 Å². The number of benzene rings is 2. The summed E-state index contributed by atoms with van der Waals surface area (Å²) in [5, 5.41) is 0. The largest absolute Gasteiger partial charge is 0.379 e. The van der Waals surface area contributed by atoms with Crippen molar-refractivity contribution in [2.24, 2.45) is 0 Å². The summed E-state index contributed by atoms with van der Waals surface area (Å²) in [5.74, 6) is 1.15. The van der Waals surface area contributed by atoms with E-state index in [0.717, 1.165) is 61.3 Å². The Kier molecular flexibility index (Phi) is 5.79. The molecular formula is C24H28FN3O. The minimum absolute atomic E-state index is 0.233. The van der Waals surface area contributed by atoms with Crippen LogP contribution in [-0.4, -0.2) is 40.8 Å². The minimum Gasteiger partial charge on any atom is -0.379 e. The van der Waals surface area contributed by atoms with E-state index in [9.17, 15) is 4.39 Å². The SMILES string of the molecule is Cc1c(CN2CCOCC2)nc(-c2ccc(C(C)C)cc2)n1-c1ccc(F)cc1. The van der Waals surface area contributed by atoms with Gasteiger partial charge in [0.25, 0.3) is 0 Å². The molecule has 0 aliphatic carbocycles. The Morgan fingerprint density at radius 1 is 1.00 bits per heavy atom. The maximum atomic E-state index is 13.5. The molecule has 0 radical (unpaired) electrons. The van der Waals surface area contributed by atoms with E-state index in [2.05, 4.69) is 54.5 Å². The maximum absolute atomic E-state index is 13.5. The van der Waals surface area contributed by atoms with Crippen LogP contribution in [0.5, 0.6) is 0 Å². The Hall–Kier alpha value is -2.50. The second-order valence-corrected chi connectivity index (χ2v) is 7.94. The van der Waals surface area contributed by atoms with Crippen molar-refractivity contribution in [3.63, 3.8) is 0 Å². The van der Waals surface area contributed by atoms with Gasteiger partial charge in [-0.2, -0.15) is 0 Å². The lowest BCUT2D eigenvalue weighted by Crippen LogP contribution is -2.35. The summed E-state index contributed by atoms with van der Waals surface area (Å²) >= 11 is 0. The highest BCUT2D eigenvalue weighted by atomic mass is 19.1. The molecule has 2 heterocycles. The Bertz CT molecular complexity index is 955. The van der Waals surface area contributed by atoms with E-state index in [1.54, 1.807) is 0 Å². The van der Waals surface area contributed by atoms with Gasteiger partial charge in [-0.1, -0.05) is 38.1 Å². The number of halogens is 1. The molecular weight excluding hydrogens is 365 g/mol. The van der Waals surface area contributed by atoms with Crippen LogP contribution in [0.3, 0.4) is 0 Å². The number of hydrogen-bond donors (Lipinski definition) is 0. The standard InChI is InChI=1S/C24H28FN3O/c1-17(2)19-4-6-20(7-5-19)24-26-23(16-27-12-14-29-15-13-27)18(3)28(24)22-10-8-21(25)9-11-22/h4-11,17H,12-16H2,1-3H3. The van der Waals surface area contributed by atoms with Gasteiger partial charge in [0.15, 0.2) is 0 Å².